The van der Waals surface area contributed by atoms with Gasteiger partial charge >= 0.3 is 5.97 Å². The van der Waals surface area contributed by atoms with Crippen molar-refractivity contribution >= 4 is 17.8 Å². The van der Waals surface area contributed by atoms with Crippen molar-refractivity contribution in [3.8, 4) is 0 Å². The van der Waals surface area contributed by atoms with Crippen molar-refractivity contribution in [2.75, 3.05) is 0 Å². The maximum atomic E-state index is 13.9. The van der Waals surface area contributed by atoms with Gasteiger partial charge in [0.15, 0.2) is 0 Å². The van der Waals surface area contributed by atoms with Gasteiger partial charge in [0.1, 0.15) is 17.9 Å². The van der Waals surface area contributed by atoms with Gasteiger partial charge in [0, 0.05) is 19.8 Å². The number of hydrogen-bond donors (Lipinski definition) is 3. The van der Waals surface area contributed by atoms with E-state index < -0.39 is 35.7 Å². The monoisotopic (exact) mass is 386 g/mol. The molecule has 2 rings (SSSR count). The number of carbonyl (C=O) groups is 3. The molecule has 0 radical (unpaired) electrons. The summed E-state index contributed by atoms with van der Waals surface area (Å²) in [5.41, 5.74) is 1.95. The van der Waals surface area contributed by atoms with Crippen molar-refractivity contribution in [2.45, 2.75) is 38.8 Å². The van der Waals surface area contributed by atoms with E-state index in [0.29, 0.717) is 0 Å². The molecule has 7 heteroatoms. The molecule has 3 N–H and O–H groups in total. The molecule has 2 aromatic rings. The zero-order valence-electron chi connectivity index (χ0n) is 15.7. The number of amides is 2. The highest BCUT2D eigenvalue weighted by Gasteiger charge is 2.27. The first-order valence-electron chi connectivity index (χ1n) is 8.86. The van der Waals surface area contributed by atoms with Crippen molar-refractivity contribution in [1.29, 1.82) is 0 Å². The van der Waals surface area contributed by atoms with Crippen LogP contribution in [-0.4, -0.2) is 35.0 Å². The molecule has 148 valence electrons. The van der Waals surface area contributed by atoms with Gasteiger partial charge in [-0.1, -0.05) is 42.5 Å². The van der Waals surface area contributed by atoms with E-state index in [9.17, 15) is 23.9 Å². The molecule has 0 aromatic heterocycles. The van der Waals surface area contributed by atoms with Gasteiger partial charge in [-0.15, -0.1) is 0 Å². The molecule has 2 amide bonds. The van der Waals surface area contributed by atoms with Gasteiger partial charge in [-0.2, -0.15) is 0 Å². The lowest BCUT2D eigenvalue weighted by Crippen LogP contribution is -2.52. The van der Waals surface area contributed by atoms with Crippen LogP contribution in [0.5, 0.6) is 0 Å². The second-order valence-electron chi connectivity index (χ2n) is 6.58. The Hall–Kier alpha value is -3.22. The molecule has 0 saturated heterocycles. The molecular weight excluding hydrogens is 363 g/mol. The summed E-state index contributed by atoms with van der Waals surface area (Å²) in [4.78, 5) is 35.8. The van der Waals surface area contributed by atoms with Gasteiger partial charge in [-0.25, -0.2) is 9.18 Å². The average molecular weight is 386 g/mol. The summed E-state index contributed by atoms with van der Waals surface area (Å²) >= 11 is 0. The molecule has 0 aliphatic rings. The Balaban J connectivity index is 2.17. The van der Waals surface area contributed by atoms with Crippen LogP contribution in [0, 0.1) is 12.7 Å². The van der Waals surface area contributed by atoms with Crippen molar-refractivity contribution < 1.29 is 23.9 Å². The summed E-state index contributed by atoms with van der Waals surface area (Å²) in [6, 6.07) is 10.9. The highest BCUT2D eigenvalue weighted by Crippen LogP contribution is 2.12. The minimum atomic E-state index is -1.19. The molecule has 0 heterocycles. The Labute approximate surface area is 162 Å². The van der Waals surface area contributed by atoms with Crippen LogP contribution in [0.1, 0.15) is 23.6 Å². The summed E-state index contributed by atoms with van der Waals surface area (Å²) in [6.45, 7) is 3.10. The fourth-order valence-electron chi connectivity index (χ4n) is 2.87. The van der Waals surface area contributed by atoms with Crippen molar-refractivity contribution in [3.05, 3.63) is 71.0 Å². The lowest BCUT2D eigenvalue weighted by atomic mass is 10.00. The minimum Gasteiger partial charge on any atom is -0.480 e. The van der Waals surface area contributed by atoms with Gasteiger partial charge in [-0.05, 0) is 29.7 Å². The Morgan fingerprint density at radius 1 is 0.929 bits per heavy atom. The van der Waals surface area contributed by atoms with Crippen LogP contribution in [0.4, 0.5) is 4.39 Å². The van der Waals surface area contributed by atoms with E-state index in [-0.39, 0.29) is 18.4 Å². The molecular formula is C21H23FN2O4. The fraction of sp³-hybridized carbons (Fsp3) is 0.286. The molecule has 0 unspecified atom stereocenters. The van der Waals surface area contributed by atoms with E-state index in [4.69, 9.17) is 0 Å². The van der Waals surface area contributed by atoms with Gasteiger partial charge in [0.2, 0.25) is 11.8 Å². The van der Waals surface area contributed by atoms with E-state index in [0.717, 1.165) is 11.1 Å². The Morgan fingerprint density at radius 2 is 1.50 bits per heavy atom. The van der Waals surface area contributed by atoms with Crippen LogP contribution in [-0.2, 0) is 27.2 Å². The summed E-state index contributed by atoms with van der Waals surface area (Å²) in [7, 11) is 0. The largest absolute Gasteiger partial charge is 0.480 e. The highest BCUT2D eigenvalue weighted by molar-refractivity contribution is 5.90. The number of nitrogens with one attached hydrogen (secondary N) is 2. The third kappa shape index (κ3) is 5.90. The van der Waals surface area contributed by atoms with E-state index in [2.05, 4.69) is 10.6 Å². The molecule has 0 aliphatic heterocycles. The maximum absolute atomic E-state index is 13.9. The van der Waals surface area contributed by atoms with Crippen LogP contribution >= 0.6 is 0 Å². The highest BCUT2D eigenvalue weighted by atomic mass is 19.1. The van der Waals surface area contributed by atoms with Crippen LogP contribution in [0.15, 0.2) is 48.5 Å². The second-order valence-corrected chi connectivity index (χ2v) is 6.58. The van der Waals surface area contributed by atoms with Crippen LogP contribution in [0.2, 0.25) is 0 Å². The molecule has 0 aliphatic carbocycles. The smallest absolute Gasteiger partial charge is 0.326 e. The summed E-state index contributed by atoms with van der Waals surface area (Å²) in [5, 5.41) is 14.4. The number of benzene rings is 2. The van der Waals surface area contributed by atoms with Crippen LogP contribution in [0.3, 0.4) is 0 Å². The quantitative estimate of drug-likeness (QED) is 0.647. The fourth-order valence-corrected chi connectivity index (χ4v) is 2.87. The Morgan fingerprint density at radius 3 is 2.07 bits per heavy atom. The third-order valence-electron chi connectivity index (χ3n) is 4.38. The van der Waals surface area contributed by atoms with E-state index in [1.54, 1.807) is 18.2 Å². The number of carboxylic acids is 1. The van der Waals surface area contributed by atoms with E-state index in [1.807, 2.05) is 19.1 Å². The Bertz CT molecular complexity index is 869. The van der Waals surface area contributed by atoms with Crippen LogP contribution < -0.4 is 10.6 Å². The first-order chi connectivity index (χ1) is 13.3. The van der Waals surface area contributed by atoms with Crippen LogP contribution in [0.25, 0.3) is 0 Å². The summed E-state index contributed by atoms with van der Waals surface area (Å²) < 4.78 is 13.9. The molecule has 28 heavy (non-hydrogen) atoms. The number of carboxylic acid groups (broad SMARTS) is 1. The van der Waals surface area contributed by atoms with E-state index in [1.165, 1.54) is 25.1 Å². The number of aliphatic carboxylic acids is 1. The first kappa shape index (κ1) is 21.1. The lowest BCUT2D eigenvalue weighted by Gasteiger charge is -2.22. The SMILES string of the molecule is CC(=O)N[C@H](Cc1ccccc1F)C(=O)N[C@H](Cc1ccccc1C)C(=O)O. The summed E-state index contributed by atoms with van der Waals surface area (Å²) in [6.07, 6.45) is 0.00896. The minimum absolute atomic E-state index is 0.0885. The molecule has 2 aromatic carbocycles. The van der Waals surface area contributed by atoms with Gasteiger partial charge in [0.25, 0.3) is 0 Å². The number of carbonyl (C=O) groups excluding carboxylic acids is 2. The Kier molecular flexibility index (Phi) is 7.26. The predicted molar refractivity (Wildman–Crippen MR) is 102 cm³/mol. The van der Waals surface area contributed by atoms with Crippen molar-refractivity contribution in [3.63, 3.8) is 0 Å². The molecule has 6 nitrogen and oxygen atoms in total. The van der Waals surface area contributed by atoms with Crippen molar-refractivity contribution in [2.24, 2.45) is 0 Å². The normalized spacial score (nSPS) is 12.7. The predicted octanol–water partition coefficient (Wildman–Crippen LogP) is 1.99. The molecule has 0 bridgehead atoms. The number of hydrogen-bond acceptors (Lipinski definition) is 3. The van der Waals surface area contributed by atoms with Crippen molar-refractivity contribution in [1.82, 2.24) is 10.6 Å². The van der Waals surface area contributed by atoms with Gasteiger partial charge in [-0.3, -0.25) is 9.59 Å². The molecule has 0 spiro atoms. The maximum Gasteiger partial charge on any atom is 0.326 e. The molecule has 0 saturated carbocycles. The number of halogens is 1. The van der Waals surface area contributed by atoms with Gasteiger partial charge < -0.3 is 15.7 Å². The zero-order valence-corrected chi connectivity index (χ0v) is 15.7. The summed E-state index contributed by atoms with van der Waals surface area (Å²) in [5.74, 6) is -2.84. The van der Waals surface area contributed by atoms with Gasteiger partial charge in [0.05, 0.1) is 0 Å². The second kappa shape index (κ2) is 9.64. The average Bonchev–Trinajstić information content (AvgIpc) is 2.63. The first-order valence-corrected chi connectivity index (χ1v) is 8.86. The number of aryl methyl sites for hydroxylation is 1. The zero-order chi connectivity index (χ0) is 20.7. The molecule has 0 fully saturated rings. The third-order valence-corrected chi connectivity index (χ3v) is 4.38. The number of rotatable bonds is 8. The molecule has 2 atom stereocenters. The van der Waals surface area contributed by atoms with E-state index >= 15 is 0 Å². The topological polar surface area (TPSA) is 95.5 Å². The standard InChI is InChI=1S/C21H23FN2O4/c1-13-7-3-4-8-15(13)11-19(21(27)28)24-20(26)18(23-14(2)25)12-16-9-5-6-10-17(16)22/h3-10,18-19H,11-12H2,1-2H3,(H,23,25)(H,24,26)(H,27,28)/t18-,19-/m1/s1. The lowest BCUT2D eigenvalue weighted by molar-refractivity contribution is -0.142.